The molecule has 35 heavy (non-hydrogen) atoms. The number of amides is 1. The van der Waals surface area contributed by atoms with E-state index in [2.05, 4.69) is 32.2 Å². The number of carbonyl (C=O) groups excluding carboxylic acids is 1. The van der Waals surface area contributed by atoms with Gasteiger partial charge in [0.25, 0.3) is 6.43 Å². The minimum absolute atomic E-state index is 0.0806. The maximum absolute atomic E-state index is 13.1. The second-order valence-electron chi connectivity index (χ2n) is 9.92. The van der Waals surface area contributed by atoms with Crippen LogP contribution in [0.15, 0.2) is 30.6 Å². The van der Waals surface area contributed by atoms with Gasteiger partial charge in [-0.1, -0.05) is 6.07 Å². The average molecular weight is 480 g/mol. The summed E-state index contributed by atoms with van der Waals surface area (Å²) in [7, 11) is 0. The minimum atomic E-state index is -2.45. The molecule has 8 nitrogen and oxygen atoms in total. The van der Waals surface area contributed by atoms with E-state index in [1.54, 1.807) is 17.7 Å². The molecule has 1 saturated carbocycles. The predicted octanol–water partition coefficient (Wildman–Crippen LogP) is 4.50. The number of carbonyl (C=O) groups is 1. The predicted molar refractivity (Wildman–Crippen MR) is 129 cm³/mol. The molecule has 4 aromatic rings. The lowest BCUT2D eigenvalue weighted by molar-refractivity contribution is -0.136. The number of nitrogens with one attached hydrogen (secondary N) is 2. The van der Waals surface area contributed by atoms with Crippen LogP contribution in [0.5, 0.6) is 0 Å². The number of likely N-dealkylation sites (tertiary alicyclic amines) is 1. The number of halogens is 2. The summed E-state index contributed by atoms with van der Waals surface area (Å²) >= 11 is 0. The highest BCUT2D eigenvalue weighted by Crippen LogP contribution is 2.41. The SMILES string of the molecule is Cc1nc2ccc(-c3c[nH]c4nc(N[C@H]5C[C@@](C)(N6CCCC6=O)C5)ncc34)cc2n1CC(F)F. The molecule has 10 heteroatoms. The Labute approximate surface area is 200 Å². The number of aromatic amines is 1. The molecule has 0 bridgehead atoms. The molecule has 0 unspecified atom stereocenters. The van der Waals surface area contributed by atoms with Crippen LogP contribution in [0, 0.1) is 6.92 Å². The first-order valence-electron chi connectivity index (χ1n) is 12.0. The first-order chi connectivity index (χ1) is 16.8. The molecule has 2 N–H and O–H groups in total. The number of nitrogens with zero attached hydrogens (tertiary/aromatic N) is 5. The molecular formula is C25H27F2N7O. The van der Waals surface area contributed by atoms with Crippen molar-refractivity contribution in [3.8, 4) is 11.1 Å². The quantitative estimate of drug-likeness (QED) is 0.425. The first kappa shape index (κ1) is 21.9. The topological polar surface area (TPSA) is 91.7 Å². The molecule has 0 radical (unpaired) electrons. The van der Waals surface area contributed by atoms with Crippen LogP contribution in [0.2, 0.25) is 0 Å². The van der Waals surface area contributed by atoms with Gasteiger partial charge in [0.2, 0.25) is 11.9 Å². The third kappa shape index (κ3) is 3.71. The Morgan fingerprint density at radius 3 is 2.86 bits per heavy atom. The molecule has 182 valence electrons. The van der Waals surface area contributed by atoms with Gasteiger partial charge in [0, 0.05) is 47.9 Å². The van der Waals surface area contributed by atoms with Crippen LogP contribution in [0.4, 0.5) is 14.7 Å². The van der Waals surface area contributed by atoms with Crippen LogP contribution in [0.25, 0.3) is 33.2 Å². The summed E-state index contributed by atoms with van der Waals surface area (Å²) in [6.45, 7) is 4.36. The summed E-state index contributed by atoms with van der Waals surface area (Å²) in [5.41, 5.74) is 3.78. The molecular weight excluding hydrogens is 452 g/mol. The van der Waals surface area contributed by atoms with Crippen molar-refractivity contribution in [2.24, 2.45) is 0 Å². The number of H-pyrrole nitrogens is 1. The maximum atomic E-state index is 13.1. The zero-order chi connectivity index (χ0) is 24.3. The summed E-state index contributed by atoms with van der Waals surface area (Å²) in [6.07, 6.45) is 4.55. The summed E-state index contributed by atoms with van der Waals surface area (Å²) < 4.78 is 27.7. The Kier molecular flexibility index (Phi) is 5.01. The van der Waals surface area contributed by atoms with Gasteiger partial charge in [-0.05, 0) is 50.8 Å². The zero-order valence-electron chi connectivity index (χ0n) is 19.7. The van der Waals surface area contributed by atoms with Crippen molar-refractivity contribution in [1.82, 2.24) is 29.4 Å². The molecule has 1 aliphatic heterocycles. The lowest BCUT2D eigenvalue weighted by Gasteiger charge is -2.51. The van der Waals surface area contributed by atoms with Crippen LogP contribution in [-0.2, 0) is 11.3 Å². The van der Waals surface area contributed by atoms with Crippen LogP contribution in [0.3, 0.4) is 0 Å². The zero-order valence-corrected chi connectivity index (χ0v) is 19.7. The molecule has 1 saturated heterocycles. The Hall–Kier alpha value is -3.56. The Morgan fingerprint density at radius 1 is 1.29 bits per heavy atom. The van der Waals surface area contributed by atoms with Gasteiger partial charge in [0.1, 0.15) is 11.5 Å². The van der Waals surface area contributed by atoms with E-state index in [1.807, 2.05) is 29.3 Å². The van der Waals surface area contributed by atoms with E-state index in [1.165, 1.54) is 0 Å². The van der Waals surface area contributed by atoms with Gasteiger partial charge in [-0.2, -0.15) is 4.98 Å². The van der Waals surface area contributed by atoms with Gasteiger partial charge in [0.15, 0.2) is 0 Å². The summed E-state index contributed by atoms with van der Waals surface area (Å²) in [6, 6.07) is 5.90. The third-order valence-electron chi connectivity index (χ3n) is 7.43. The second kappa shape index (κ2) is 8.00. The number of rotatable bonds is 6. The molecule has 2 fully saturated rings. The van der Waals surface area contributed by atoms with Gasteiger partial charge in [-0.25, -0.2) is 18.7 Å². The summed E-state index contributed by atoms with van der Waals surface area (Å²) in [5.74, 6) is 1.37. The highest BCUT2D eigenvalue weighted by atomic mass is 19.3. The van der Waals surface area contributed by atoms with Crippen LogP contribution in [-0.4, -0.2) is 59.9 Å². The van der Waals surface area contributed by atoms with E-state index in [4.69, 9.17) is 0 Å². The monoisotopic (exact) mass is 479 g/mol. The van der Waals surface area contributed by atoms with E-state index in [0.29, 0.717) is 34.9 Å². The molecule has 4 heterocycles. The Bertz CT molecular complexity index is 1440. The number of alkyl halides is 2. The summed E-state index contributed by atoms with van der Waals surface area (Å²) in [4.78, 5) is 31.0. The Morgan fingerprint density at radius 2 is 2.11 bits per heavy atom. The number of aryl methyl sites for hydroxylation is 1. The second-order valence-corrected chi connectivity index (χ2v) is 9.92. The van der Waals surface area contributed by atoms with Gasteiger partial charge in [0.05, 0.1) is 17.6 Å². The van der Waals surface area contributed by atoms with Gasteiger partial charge in [-0.15, -0.1) is 0 Å². The molecule has 0 atom stereocenters. The molecule has 1 aromatic carbocycles. The van der Waals surface area contributed by atoms with Crippen molar-refractivity contribution in [2.75, 3.05) is 11.9 Å². The van der Waals surface area contributed by atoms with Crippen molar-refractivity contribution in [2.45, 2.75) is 64.1 Å². The highest BCUT2D eigenvalue weighted by Gasteiger charge is 2.48. The fourth-order valence-corrected chi connectivity index (χ4v) is 5.72. The fraction of sp³-hybridized carbons (Fsp3) is 0.440. The van der Waals surface area contributed by atoms with Crippen molar-refractivity contribution >= 4 is 33.9 Å². The number of aromatic nitrogens is 5. The van der Waals surface area contributed by atoms with Crippen molar-refractivity contribution in [1.29, 1.82) is 0 Å². The van der Waals surface area contributed by atoms with E-state index < -0.39 is 6.43 Å². The number of hydrogen-bond donors (Lipinski definition) is 2. The highest BCUT2D eigenvalue weighted by molar-refractivity contribution is 5.95. The van der Waals surface area contributed by atoms with Crippen LogP contribution >= 0.6 is 0 Å². The minimum Gasteiger partial charge on any atom is -0.351 e. The molecule has 3 aromatic heterocycles. The number of anilines is 1. The standard InChI is InChI=1S/C25H27F2N7O/c1-14-30-19-6-5-15(8-20(19)33(14)13-21(26)27)17-11-28-23-18(17)12-29-24(32-23)31-16-9-25(2,10-16)34-7-3-4-22(34)35/h5-6,8,11-12,16,21H,3-4,7,9-10,13H2,1-2H3,(H2,28,29,31,32)/t16-,25+. The maximum Gasteiger partial charge on any atom is 0.256 e. The van der Waals surface area contributed by atoms with Crippen molar-refractivity contribution in [3.05, 3.63) is 36.4 Å². The average Bonchev–Trinajstić information content (AvgIpc) is 3.49. The lowest BCUT2D eigenvalue weighted by Crippen LogP contribution is -2.59. The van der Waals surface area contributed by atoms with E-state index in [9.17, 15) is 13.6 Å². The molecule has 2 aliphatic rings. The Balaban J connectivity index is 1.22. The van der Waals surface area contributed by atoms with E-state index >= 15 is 0 Å². The largest absolute Gasteiger partial charge is 0.351 e. The van der Waals surface area contributed by atoms with Crippen molar-refractivity contribution < 1.29 is 13.6 Å². The number of hydrogen-bond acceptors (Lipinski definition) is 5. The third-order valence-corrected chi connectivity index (χ3v) is 7.43. The van der Waals surface area contributed by atoms with Gasteiger partial charge >= 0.3 is 0 Å². The van der Waals surface area contributed by atoms with Gasteiger partial charge < -0.3 is 19.8 Å². The smallest absolute Gasteiger partial charge is 0.256 e. The van der Waals surface area contributed by atoms with Crippen LogP contribution in [0.1, 0.15) is 38.4 Å². The fourth-order valence-electron chi connectivity index (χ4n) is 5.72. The number of benzene rings is 1. The first-order valence-corrected chi connectivity index (χ1v) is 12.0. The molecule has 6 rings (SSSR count). The van der Waals surface area contributed by atoms with E-state index in [0.717, 1.165) is 42.3 Å². The number of fused-ring (bicyclic) bond motifs is 2. The lowest BCUT2D eigenvalue weighted by atomic mass is 9.73. The van der Waals surface area contributed by atoms with E-state index in [-0.39, 0.29) is 24.0 Å². The summed E-state index contributed by atoms with van der Waals surface area (Å²) in [5, 5.41) is 4.26. The van der Waals surface area contributed by atoms with Crippen molar-refractivity contribution in [3.63, 3.8) is 0 Å². The number of imidazole rings is 1. The van der Waals surface area contributed by atoms with Gasteiger partial charge in [-0.3, -0.25) is 4.79 Å². The normalized spacial score (nSPS) is 22.5. The van der Waals surface area contributed by atoms with Crippen LogP contribution < -0.4 is 5.32 Å². The molecule has 0 spiro atoms. The molecule has 1 amide bonds. The molecule has 1 aliphatic carbocycles.